The molecule has 44 heavy (non-hydrogen) atoms. The molecule has 7 N–H and O–H groups in total. The molecule has 3 unspecified atom stereocenters. The second kappa shape index (κ2) is 15.5. The van der Waals surface area contributed by atoms with E-state index >= 15 is 0 Å². The van der Waals surface area contributed by atoms with Gasteiger partial charge in [0.15, 0.2) is 0 Å². The number of likely N-dealkylation sites (tertiary alicyclic amines) is 1. The Morgan fingerprint density at radius 2 is 2.02 bits per heavy atom. The van der Waals surface area contributed by atoms with E-state index in [1.165, 1.54) is 0 Å². The highest BCUT2D eigenvalue weighted by Gasteiger charge is 2.45. The number of amides is 3. The third kappa shape index (κ3) is 7.26. The van der Waals surface area contributed by atoms with Gasteiger partial charge in [-0.25, -0.2) is 5.43 Å². The molecule has 1 aromatic carbocycles. The third-order valence-corrected chi connectivity index (χ3v) is 8.74. The molecule has 0 saturated carbocycles. The normalized spacial score (nSPS) is 21.5. The van der Waals surface area contributed by atoms with Gasteiger partial charge in [-0.05, 0) is 87.3 Å². The minimum absolute atomic E-state index is 0.0938. The van der Waals surface area contributed by atoms with Crippen LogP contribution in [-0.2, 0) is 21.4 Å². The number of fused-ring (bicyclic) bond motifs is 1. The predicted molar refractivity (Wildman–Crippen MR) is 172 cm³/mol. The number of rotatable bonds is 12. The minimum atomic E-state index is -0.892. The van der Waals surface area contributed by atoms with Gasteiger partial charge in [-0.1, -0.05) is 30.7 Å². The summed E-state index contributed by atoms with van der Waals surface area (Å²) >= 11 is 0. The molecule has 3 atom stereocenters. The van der Waals surface area contributed by atoms with E-state index in [-0.39, 0.29) is 18.5 Å². The highest BCUT2D eigenvalue weighted by Crippen LogP contribution is 2.46. The molecule has 11 heteroatoms. The van der Waals surface area contributed by atoms with Crippen molar-refractivity contribution in [2.24, 2.45) is 16.5 Å². The summed E-state index contributed by atoms with van der Waals surface area (Å²) in [5.41, 5.74) is 21.5. The maximum Gasteiger partial charge on any atom is 0.248 e. The Kier molecular flexibility index (Phi) is 12.0. The molecule has 0 aromatic heterocycles. The number of carbonyl (C=O) groups excluding carboxylic acids is 3. The van der Waals surface area contributed by atoms with E-state index in [9.17, 15) is 19.6 Å². The average molecular weight is 603 g/mol. The van der Waals surface area contributed by atoms with Crippen LogP contribution in [0.15, 0.2) is 58.1 Å². The summed E-state index contributed by atoms with van der Waals surface area (Å²) in [6, 6.07) is 7.22. The zero-order valence-corrected chi connectivity index (χ0v) is 26.5. The largest absolute Gasteiger partial charge is 0.366 e. The van der Waals surface area contributed by atoms with Crippen molar-refractivity contribution >= 4 is 23.6 Å². The molecule has 0 spiro atoms. The lowest BCUT2D eigenvalue weighted by molar-refractivity contribution is -0.130. The molecule has 3 rings (SSSR count). The zero-order chi connectivity index (χ0) is 32.4. The van der Waals surface area contributed by atoms with Crippen LogP contribution in [0.2, 0.25) is 0 Å². The van der Waals surface area contributed by atoms with Gasteiger partial charge in [0.2, 0.25) is 17.7 Å². The SMILES string of the molecule is C/C=C(\C=C/C1=C(C)CCc2cc(C(N)=O)ccc2C1(CC(CC)NCC(=O)N1CCCC1C#N)C(=NC)NNC)C(N)=O. The number of aliphatic imine (C=N–C) groups is 1. The number of carbonyl (C=O) groups is 3. The maximum atomic E-state index is 13.2. The Hall–Kier alpha value is -4.27. The average Bonchev–Trinajstić information content (AvgIpc) is 3.46. The van der Waals surface area contributed by atoms with E-state index < -0.39 is 23.3 Å². The van der Waals surface area contributed by atoms with E-state index in [0.29, 0.717) is 55.6 Å². The summed E-state index contributed by atoms with van der Waals surface area (Å²) < 4.78 is 0. The fourth-order valence-corrected chi connectivity index (χ4v) is 6.42. The molecule has 1 fully saturated rings. The molecular formula is C33H46N8O3. The minimum Gasteiger partial charge on any atom is -0.366 e. The van der Waals surface area contributed by atoms with Gasteiger partial charge in [-0.15, -0.1) is 0 Å². The van der Waals surface area contributed by atoms with E-state index in [1.807, 2.05) is 18.2 Å². The molecule has 2 aliphatic rings. The van der Waals surface area contributed by atoms with Crippen molar-refractivity contribution in [3.63, 3.8) is 0 Å². The number of nitriles is 1. The van der Waals surface area contributed by atoms with Crippen LogP contribution in [0.1, 0.15) is 74.4 Å². The lowest BCUT2D eigenvalue weighted by atomic mass is 9.66. The highest BCUT2D eigenvalue weighted by atomic mass is 16.2. The summed E-state index contributed by atoms with van der Waals surface area (Å²) in [6.45, 7) is 6.56. The number of benzene rings is 1. The van der Waals surface area contributed by atoms with Crippen molar-refractivity contribution in [2.45, 2.75) is 76.8 Å². The van der Waals surface area contributed by atoms with Gasteiger partial charge >= 0.3 is 0 Å². The van der Waals surface area contributed by atoms with Crippen LogP contribution in [0.25, 0.3) is 0 Å². The fourth-order valence-electron chi connectivity index (χ4n) is 6.42. The van der Waals surface area contributed by atoms with Crippen molar-refractivity contribution in [1.82, 2.24) is 21.1 Å². The van der Waals surface area contributed by atoms with Crippen molar-refractivity contribution in [1.29, 1.82) is 5.26 Å². The monoisotopic (exact) mass is 602 g/mol. The van der Waals surface area contributed by atoms with Crippen LogP contribution >= 0.6 is 0 Å². The molecule has 0 radical (unpaired) electrons. The number of hydrogen-bond donors (Lipinski definition) is 5. The summed E-state index contributed by atoms with van der Waals surface area (Å²) in [5.74, 6) is -0.508. The lowest BCUT2D eigenvalue weighted by Gasteiger charge is -2.41. The summed E-state index contributed by atoms with van der Waals surface area (Å²) in [7, 11) is 3.48. The first-order valence-corrected chi connectivity index (χ1v) is 15.2. The number of nitrogens with zero attached hydrogens (tertiary/aromatic N) is 3. The first kappa shape index (κ1) is 34.2. The van der Waals surface area contributed by atoms with Gasteiger partial charge in [0.05, 0.1) is 18.0 Å². The van der Waals surface area contributed by atoms with E-state index in [1.54, 1.807) is 44.1 Å². The summed E-state index contributed by atoms with van der Waals surface area (Å²) in [5, 5.41) is 13.0. The molecule has 1 aliphatic carbocycles. The van der Waals surface area contributed by atoms with Gasteiger partial charge in [0, 0.05) is 37.8 Å². The quantitative estimate of drug-likeness (QED) is 0.0801. The first-order chi connectivity index (χ1) is 21.1. The number of allylic oxidation sites excluding steroid dienone is 3. The number of amidine groups is 1. The molecular weight excluding hydrogens is 556 g/mol. The van der Waals surface area contributed by atoms with Crippen LogP contribution in [-0.4, -0.2) is 67.7 Å². The smallest absolute Gasteiger partial charge is 0.248 e. The van der Waals surface area contributed by atoms with Crippen LogP contribution in [0.3, 0.4) is 0 Å². The molecule has 236 valence electrons. The van der Waals surface area contributed by atoms with Crippen LogP contribution in [0.5, 0.6) is 0 Å². The van der Waals surface area contributed by atoms with E-state index in [0.717, 1.165) is 28.7 Å². The molecule has 3 amide bonds. The van der Waals surface area contributed by atoms with Crippen molar-refractivity contribution in [2.75, 3.05) is 27.2 Å². The Bertz CT molecular complexity index is 1420. The van der Waals surface area contributed by atoms with Gasteiger partial charge < -0.3 is 27.1 Å². The molecule has 1 aromatic rings. The molecule has 1 saturated heterocycles. The number of aryl methyl sites for hydroxylation is 1. The van der Waals surface area contributed by atoms with E-state index in [2.05, 4.69) is 36.1 Å². The standard InChI is InChI=1S/C33H46N8O3/c1-6-22(30(35)43)12-14-27-21(3)10-11-23-17-24(31(36)44)13-15-28(23)33(27,32(37-4)40-38-5)18-25(7-2)39-20-29(42)41-16-8-9-26(41)19-34/h6,12-15,17,25-26,38-39H,7-11,16,18,20H2,1-5H3,(H2,35,43)(H2,36,44)(H,37,40)/b14-12-,22-6+. The van der Waals surface area contributed by atoms with Gasteiger partial charge in [-0.3, -0.25) is 19.4 Å². The van der Waals surface area contributed by atoms with Crippen LogP contribution in [0.4, 0.5) is 0 Å². The molecule has 0 bridgehead atoms. The van der Waals surface area contributed by atoms with Crippen molar-refractivity contribution in [3.8, 4) is 6.07 Å². The number of hydrazine groups is 1. The number of nitrogens with two attached hydrogens (primary N) is 2. The Labute approximate surface area is 260 Å². The van der Waals surface area contributed by atoms with E-state index in [4.69, 9.17) is 16.5 Å². The van der Waals surface area contributed by atoms with Crippen molar-refractivity contribution in [3.05, 3.63) is 69.8 Å². The second-order valence-corrected chi connectivity index (χ2v) is 11.3. The third-order valence-electron chi connectivity index (χ3n) is 8.74. The first-order valence-electron chi connectivity index (χ1n) is 15.2. The Balaban J connectivity index is 2.22. The zero-order valence-electron chi connectivity index (χ0n) is 26.5. The Morgan fingerprint density at radius 1 is 1.27 bits per heavy atom. The van der Waals surface area contributed by atoms with Crippen LogP contribution < -0.4 is 27.6 Å². The fraction of sp³-hybridized carbons (Fsp3) is 0.485. The molecule has 1 aliphatic heterocycles. The molecule has 1 heterocycles. The van der Waals surface area contributed by atoms with Gasteiger partial charge in [0.1, 0.15) is 11.9 Å². The van der Waals surface area contributed by atoms with Crippen molar-refractivity contribution < 1.29 is 14.4 Å². The number of hydrogen-bond acceptors (Lipinski definition) is 7. The van der Waals surface area contributed by atoms with Gasteiger partial charge in [0.25, 0.3) is 0 Å². The summed E-state index contributed by atoms with van der Waals surface area (Å²) in [6.07, 6.45) is 9.40. The number of primary amides is 2. The lowest BCUT2D eigenvalue weighted by Crippen LogP contribution is -2.53. The predicted octanol–water partition coefficient (Wildman–Crippen LogP) is 2.30. The summed E-state index contributed by atoms with van der Waals surface area (Å²) in [4.78, 5) is 44.0. The number of nitrogens with one attached hydrogen (secondary N) is 3. The second-order valence-electron chi connectivity index (χ2n) is 11.3. The highest BCUT2D eigenvalue weighted by molar-refractivity contribution is 5.99. The van der Waals surface area contributed by atoms with Crippen LogP contribution in [0, 0.1) is 11.3 Å². The topological polar surface area (TPSA) is 179 Å². The Morgan fingerprint density at radius 3 is 2.61 bits per heavy atom. The molecule has 11 nitrogen and oxygen atoms in total. The van der Waals surface area contributed by atoms with Gasteiger partial charge in [-0.2, -0.15) is 5.26 Å². The maximum absolute atomic E-state index is 13.2.